The highest BCUT2D eigenvalue weighted by molar-refractivity contribution is 7.09. The number of thiazole rings is 1. The third-order valence-corrected chi connectivity index (χ3v) is 2.95. The number of hydrogen-bond acceptors (Lipinski definition) is 4. The molecule has 5 heteroatoms. The van der Waals surface area contributed by atoms with E-state index in [1.54, 1.807) is 13.1 Å². The molecule has 0 saturated heterocycles. The Balaban J connectivity index is 2.63. The summed E-state index contributed by atoms with van der Waals surface area (Å²) < 4.78 is 0. The number of nitriles is 1. The molecule has 0 aliphatic heterocycles. The summed E-state index contributed by atoms with van der Waals surface area (Å²) >= 11 is 1.51. The molecule has 0 aliphatic carbocycles. The zero-order valence-electron chi connectivity index (χ0n) is 8.73. The van der Waals surface area contributed by atoms with Gasteiger partial charge in [-0.15, -0.1) is 11.3 Å². The average molecular weight is 223 g/mol. The van der Waals surface area contributed by atoms with E-state index in [0.29, 0.717) is 0 Å². The molecular weight excluding hydrogens is 210 g/mol. The van der Waals surface area contributed by atoms with Gasteiger partial charge in [-0.2, -0.15) is 5.26 Å². The number of nitrogens with zero attached hydrogens (tertiary/aromatic N) is 2. The molecule has 1 aromatic rings. The van der Waals surface area contributed by atoms with E-state index in [-0.39, 0.29) is 11.9 Å². The minimum absolute atomic E-state index is 0.0756. The van der Waals surface area contributed by atoms with Gasteiger partial charge in [0.05, 0.1) is 12.1 Å². The summed E-state index contributed by atoms with van der Waals surface area (Å²) in [6.07, 6.45) is 2.49. The van der Waals surface area contributed by atoms with Crippen LogP contribution in [0.2, 0.25) is 0 Å². The summed E-state index contributed by atoms with van der Waals surface area (Å²) in [4.78, 5) is 15.6. The Labute approximate surface area is 92.9 Å². The van der Waals surface area contributed by atoms with Crippen molar-refractivity contribution < 1.29 is 4.79 Å². The SMILES string of the molecule is CCC(NC(=O)C(C)C#N)c1nccs1. The van der Waals surface area contributed by atoms with Crippen LogP contribution in [0.5, 0.6) is 0 Å². The lowest BCUT2D eigenvalue weighted by Gasteiger charge is -2.14. The molecule has 0 aliphatic rings. The Hall–Kier alpha value is -1.41. The zero-order valence-corrected chi connectivity index (χ0v) is 9.54. The van der Waals surface area contributed by atoms with E-state index >= 15 is 0 Å². The van der Waals surface area contributed by atoms with Gasteiger partial charge in [-0.1, -0.05) is 6.92 Å². The fourth-order valence-electron chi connectivity index (χ4n) is 1.10. The predicted molar refractivity (Wildman–Crippen MR) is 58.1 cm³/mol. The van der Waals surface area contributed by atoms with Gasteiger partial charge in [0, 0.05) is 11.6 Å². The molecular formula is C10H13N3OS. The van der Waals surface area contributed by atoms with Crippen molar-refractivity contribution in [3.05, 3.63) is 16.6 Å². The van der Waals surface area contributed by atoms with Crippen molar-refractivity contribution >= 4 is 17.2 Å². The molecule has 15 heavy (non-hydrogen) atoms. The Morgan fingerprint density at radius 2 is 2.53 bits per heavy atom. The van der Waals surface area contributed by atoms with Crippen molar-refractivity contribution in [2.45, 2.75) is 26.3 Å². The highest BCUT2D eigenvalue weighted by Crippen LogP contribution is 2.18. The van der Waals surface area contributed by atoms with Crippen LogP contribution >= 0.6 is 11.3 Å². The number of nitrogens with one attached hydrogen (secondary N) is 1. The number of amides is 1. The molecule has 4 nitrogen and oxygen atoms in total. The van der Waals surface area contributed by atoms with Crippen LogP contribution < -0.4 is 5.32 Å². The monoisotopic (exact) mass is 223 g/mol. The van der Waals surface area contributed by atoms with Crippen LogP contribution in [0, 0.1) is 17.2 Å². The van der Waals surface area contributed by atoms with Crippen molar-refractivity contribution in [2.75, 3.05) is 0 Å². The third kappa shape index (κ3) is 3.03. The van der Waals surface area contributed by atoms with Crippen LogP contribution in [-0.2, 0) is 4.79 Å². The average Bonchev–Trinajstić information content (AvgIpc) is 2.77. The molecule has 0 fully saturated rings. The smallest absolute Gasteiger partial charge is 0.237 e. The summed E-state index contributed by atoms with van der Waals surface area (Å²) in [5, 5.41) is 14.2. The molecule has 0 saturated carbocycles. The maximum Gasteiger partial charge on any atom is 0.237 e. The van der Waals surface area contributed by atoms with Gasteiger partial charge in [-0.25, -0.2) is 4.98 Å². The molecule has 2 atom stereocenters. The molecule has 0 bridgehead atoms. The fourth-order valence-corrected chi connectivity index (χ4v) is 1.87. The first-order chi connectivity index (χ1) is 7.19. The molecule has 0 radical (unpaired) electrons. The molecule has 2 unspecified atom stereocenters. The first kappa shape index (κ1) is 11.7. The Kier molecular flexibility index (Phi) is 4.25. The Morgan fingerprint density at radius 1 is 1.80 bits per heavy atom. The van der Waals surface area contributed by atoms with E-state index in [1.807, 2.05) is 18.4 Å². The summed E-state index contributed by atoms with van der Waals surface area (Å²) in [5.74, 6) is -0.849. The summed E-state index contributed by atoms with van der Waals surface area (Å²) in [6.45, 7) is 3.56. The van der Waals surface area contributed by atoms with Gasteiger partial charge in [0.15, 0.2) is 0 Å². The van der Waals surface area contributed by atoms with E-state index < -0.39 is 5.92 Å². The van der Waals surface area contributed by atoms with Crippen LogP contribution in [0.15, 0.2) is 11.6 Å². The fraction of sp³-hybridized carbons (Fsp3) is 0.500. The van der Waals surface area contributed by atoms with Gasteiger partial charge in [-0.3, -0.25) is 4.79 Å². The summed E-state index contributed by atoms with van der Waals surface area (Å²) in [5.41, 5.74) is 0. The van der Waals surface area contributed by atoms with Crippen LogP contribution in [0.4, 0.5) is 0 Å². The number of aromatic nitrogens is 1. The van der Waals surface area contributed by atoms with Gasteiger partial charge in [-0.05, 0) is 13.3 Å². The molecule has 1 N–H and O–H groups in total. The Bertz CT molecular complexity index is 355. The third-order valence-electron chi connectivity index (χ3n) is 2.06. The standard InChI is InChI=1S/C10H13N3OS/c1-3-8(10-12-4-5-15-10)13-9(14)7(2)6-11/h4-5,7-8H,3H2,1-2H3,(H,13,14). The van der Waals surface area contributed by atoms with Gasteiger partial charge in [0.25, 0.3) is 0 Å². The molecule has 1 rings (SSSR count). The van der Waals surface area contributed by atoms with Crippen molar-refractivity contribution in [3.63, 3.8) is 0 Å². The van der Waals surface area contributed by atoms with E-state index in [4.69, 9.17) is 5.26 Å². The highest BCUT2D eigenvalue weighted by atomic mass is 32.1. The number of hydrogen-bond donors (Lipinski definition) is 1. The zero-order chi connectivity index (χ0) is 11.3. The molecule has 1 aromatic heterocycles. The van der Waals surface area contributed by atoms with Crippen molar-refractivity contribution in [2.24, 2.45) is 5.92 Å². The maximum atomic E-state index is 11.5. The lowest BCUT2D eigenvalue weighted by atomic mass is 10.1. The second kappa shape index (κ2) is 5.47. The molecule has 0 spiro atoms. The van der Waals surface area contributed by atoms with E-state index in [2.05, 4.69) is 10.3 Å². The van der Waals surface area contributed by atoms with Crippen molar-refractivity contribution in [1.82, 2.24) is 10.3 Å². The van der Waals surface area contributed by atoms with Crippen LogP contribution in [0.25, 0.3) is 0 Å². The second-order valence-corrected chi connectivity index (χ2v) is 4.12. The van der Waals surface area contributed by atoms with E-state index in [1.165, 1.54) is 11.3 Å². The van der Waals surface area contributed by atoms with Gasteiger partial charge >= 0.3 is 0 Å². The highest BCUT2D eigenvalue weighted by Gasteiger charge is 2.18. The lowest BCUT2D eigenvalue weighted by molar-refractivity contribution is -0.123. The normalized spacial score (nSPS) is 13.9. The van der Waals surface area contributed by atoms with E-state index in [0.717, 1.165) is 11.4 Å². The molecule has 1 heterocycles. The lowest BCUT2D eigenvalue weighted by Crippen LogP contribution is -2.32. The Morgan fingerprint density at radius 3 is 3.00 bits per heavy atom. The van der Waals surface area contributed by atoms with Gasteiger partial charge in [0.2, 0.25) is 5.91 Å². The predicted octanol–water partition coefficient (Wildman–Crippen LogP) is 1.87. The molecule has 80 valence electrons. The quantitative estimate of drug-likeness (QED) is 0.847. The first-order valence-corrected chi connectivity index (χ1v) is 5.66. The number of carbonyl (C=O) groups excluding carboxylic acids is 1. The summed E-state index contributed by atoms with van der Waals surface area (Å²) in [7, 11) is 0. The molecule has 0 aromatic carbocycles. The largest absolute Gasteiger partial charge is 0.346 e. The van der Waals surface area contributed by atoms with E-state index in [9.17, 15) is 4.79 Å². The number of rotatable bonds is 4. The van der Waals surface area contributed by atoms with Crippen LogP contribution in [0.3, 0.4) is 0 Å². The van der Waals surface area contributed by atoms with Gasteiger partial charge in [0.1, 0.15) is 10.9 Å². The first-order valence-electron chi connectivity index (χ1n) is 4.78. The second-order valence-electron chi connectivity index (χ2n) is 3.19. The van der Waals surface area contributed by atoms with Gasteiger partial charge < -0.3 is 5.32 Å². The van der Waals surface area contributed by atoms with Crippen LogP contribution in [-0.4, -0.2) is 10.9 Å². The van der Waals surface area contributed by atoms with Crippen molar-refractivity contribution in [3.8, 4) is 6.07 Å². The number of carbonyl (C=O) groups is 1. The molecule has 1 amide bonds. The van der Waals surface area contributed by atoms with Crippen LogP contribution in [0.1, 0.15) is 31.3 Å². The summed E-state index contributed by atoms with van der Waals surface area (Å²) in [6, 6.07) is 1.83. The minimum atomic E-state index is -0.612. The minimum Gasteiger partial charge on any atom is -0.346 e. The van der Waals surface area contributed by atoms with Crippen molar-refractivity contribution in [1.29, 1.82) is 5.26 Å². The topological polar surface area (TPSA) is 65.8 Å². The maximum absolute atomic E-state index is 11.5.